The summed E-state index contributed by atoms with van der Waals surface area (Å²) in [5, 5.41) is 19.2. The Bertz CT molecular complexity index is 1640. The van der Waals surface area contributed by atoms with E-state index in [-0.39, 0.29) is 54.0 Å². The molecule has 46 heavy (non-hydrogen) atoms. The number of aromatic carboxylic acids is 1. The van der Waals surface area contributed by atoms with Gasteiger partial charge in [0.15, 0.2) is 23.1 Å². The first-order valence-electron chi connectivity index (χ1n) is 15.4. The molecule has 0 saturated carbocycles. The van der Waals surface area contributed by atoms with E-state index in [2.05, 4.69) is 6.58 Å². The molecule has 0 amide bonds. The van der Waals surface area contributed by atoms with E-state index >= 15 is 0 Å². The maximum atomic E-state index is 14.1. The Morgan fingerprint density at radius 3 is 1.98 bits per heavy atom. The predicted octanol–water partition coefficient (Wildman–Crippen LogP) is 6.47. The molecule has 242 valence electrons. The molecule has 2 aliphatic carbocycles. The van der Waals surface area contributed by atoms with Crippen LogP contribution < -0.4 is 9.47 Å². The van der Waals surface area contributed by atoms with Crippen molar-refractivity contribution >= 4 is 23.5 Å². The number of ketones is 2. The van der Waals surface area contributed by atoms with Crippen molar-refractivity contribution < 1.29 is 38.9 Å². The number of ether oxygens (including phenoxy) is 2. The Hall–Kier alpha value is -4.66. The molecule has 0 aromatic heterocycles. The first kappa shape index (κ1) is 32.7. The van der Waals surface area contributed by atoms with Crippen LogP contribution >= 0.6 is 0 Å². The summed E-state index contributed by atoms with van der Waals surface area (Å²) in [4.78, 5) is 53.3. The van der Waals surface area contributed by atoms with Crippen molar-refractivity contribution in [1.29, 1.82) is 0 Å². The lowest BCUT2D eigenvalue weighted by molar-refractivity contribution is -0.138. The number of carbonyl (C=O) groups is 4. The molecule has 0 atom stereocenters. The van der Waals surface area contributed by atoms with Gasteiger partial charge in [-0.1, -0.05) is 52.0 Å². The van der Waals surface area contributed by atoms with E-state index in [1.54, 1.807) is 23.1 Å². The highest BCUT2D eigenvalue weighted by molar-refractivity contribution is 6.07. The van der Waals surface area contributed by atoms with E-state index < -0.39 is 17.9 Å². The highest BCUT2D eigenvalue weighted by Crippen LogP contribution is 2.55. The number of benzene rings is 2. The Morgan fingerprint density at radius 2 is 1.50 bits per heavy atom. The topological polar surface area (TPSA) is 130 Å². The molecule has 5 rings (SSSR count). The number of nitrogens with zero attached hydrogens (tertiary/aromatic N) is 1. The van der Waals surface area contributed by atoms with Crippen molar-refractivity contribution in [3.05, 3.63) is 93.8 Å². The number of Topliss-reactive ketones (excluding diaryl/α,β-unsaturated/α-hetero) is 2. The molecule has 9 nitrogen and oxygen atoms in total. The predicted molar refractivity (Wildman–Crippen MR) is 172 cm³/mol. The zero-order chi connectivity index (χ0) is 33.6. The van der Waals surface area contributed by atoms with Crippen molar-refractivity contribution in [2.24, 2.45) is 10.8 Å². The smallest absolute Gasteiger partial charge is 0.335 e. The standard InChI is InChI=1S/C37H41NO8/c1-7-8-23-13-24(14-29(45-6)34(23)46-20-21-9-11-22(12-10-21)35(43)44)31-32-25(15-36(2,3)17-27(32)39)38(19-30(41)42)26-16-37(4,5)18-28(40)33(26)31/h7,9-14,31H,1,8,15-20H2,2-6H3,(H,41,42)(H,43,44). The summed E-state index contributed by atoms with van der Waals surface area (Å²) in [5.74, 6) is -2.01. The lowest BCUT2D eigenvalue weighted by Crippen LogP contribution is -2.45. The van der Waals surface area contributed by atoms with E-state index in [9.17, 15) is 29.4 Å². The number of hydrogen-bond acceptors (Lipinski definition) is 7. The Kier molecular flexibility index (Phi) is 8.73. The molecule has 2 aromatic carbocycles. The molecule has 1 heterocycles. The Balaban J connectivity index is 1.67. The third-order valence-corrected chi connectivity index (χ3v) is 8.97. The number of aliphatic carboxylic acids is 1. The number of carboxylic acids is 2. The average Bonchev–Trinajstić information content (AvgIpc) is 2.95. The number of methoxy groups -OCH3 is 1. The van der Waals surface area contributed by atoms with Gasteiger partial charge in [-0.2, -0.15) is 0 Å². The number of allylic oxidation sites excluding steroid dienone is 5. The van der Waals surface area contributed by atoms with Crippen molar-refractivity contribution in [2.75, 3.05) is 13.7 Å². The summed E-state index contributed by atoms with van der Waals surface area (Å²) in [6.45, 7) is 11.8. The molecule has 0 spiro atoms. The summed E-state index contributed by atoms with van der Waals surface area (Å²) < 4.78 is 12.1. The molecule has 0 fully saturated rings. The van der Waals surface area contributed by atoms with Crippen LogP contribution in [0.4, 0.5) is 0 Å². The largest absolute Gasteiger partial charge is 0.493 e. The van der Waals surface area contributed by atoms with Crippen LogP contribution in [0.1, 0.15) is 86.3 Å². The first-order chi connectivity index (χ1) is 21.6. The van der Waals surface area contributed by atoms with Gasteiger partial charge in [-0.15, -0.1) is 6.58 Å². The maximum Gasteiger partial charge on any atom is 0.335 e. The van der Waals surface area contributed by atoms with E-state index in [1.165, 1.54) is 19.2 Å². The van der Waals surface area contributed by atoms with Gasteiger partial charge in [-0.3, -0.25) is 14.4 Å². The van der Waals surface area contributed by atoms with Gasteiger partial charge in [0.2, 0.25) is 0 Å². The molecule has 0 saturated heterocycles. The average molecular weight is 628 g/mol. The monoisotopic (exact) mass is 627 g/mol. The maximum absolute atomic E-state index is 14.1. The van der Waals surface area contributed by atoms with E-state index in [4.69, 9.17) is 9.47 Å². The molecule has 2 aromatic rings. The highest BCUT2D eigenvalue weighted by atomic mass is 16.5. The number of carboxylic acid groups (broad SMARTS) is 2. The van der Waals surface area contributed by atoms with Crippen molar-refractivity contribution in [3.8, 4) is 11.5 Å². The third-order valence-electron chi connectivity index (χ3n) is 8.97. The van der Waals surface area contributed by atoms with Crippen molar-refractivity contribution in [2.45, 2.75) is 72.3 Å². The molecule has 2 N–H and O–H groups in total. The fourth-order valence-corrected chi connectivity index (χ4v) is 7.08. The summed E-state index contributed by atoms with van der Waals surface area (Å²) >= 11 is 0. The van der Waals surface area contributed by atoms with E-state index in [1.807, 2.05) is 39.8 Å². The van der Waals surface area contributed by atoms with Gasteiger partial charge >= 0.3 is 11.9 Å². The van der Waals surface area contributed by atoms with Gasteiger partial charge in [0.1, 0.15) is 13.2 Å². The second-order valence-electron chi connectivity index (χ2n) is 14.0. The minimum atomic E-state index is -1.03. The molecule has 9 heteroatoms. The zero-order valence-electron chi connectivity index (χ0n) is 27.1. The van der Waals surface area contributed by atoms with Gasteiger partial charge in [-0.05, 0) is 59.4 Å². The van der Waals surface area contributed by atoms with Gasteiger partial charge in [0, 0.05) is 46.9 Å². The molecule has 3 aliphatic rings. The molecule has 0 radical (unpaired) electrons. The third kappa shape index (κ3) is 6.36. The lowest BCUT2D eigenvalue weighted by Gasteiger charge is -2.48. The lowest BCUT2D eigenvalue weighted by atomic mass is 9.63. The fraction of sp³-hybridized carbons (Fsp3) is 0.405. The van der Waals surface area contributed by atoms with Crippen LogP contribution in [0, 0.1) is 10.8 Å². The van der Waals surface area contributed by atoms with Crippen LogP contribution in [0.3, 0.4) is 0 Å². The van der Waals surface area contributed by atoms with E-state index in [0.29, 0.717) is 58.9 Å². The quantitative estimate of drug-likeness (QED) is 0.285. The van der Waals surface area contributed by atoms with Crippen LogP contribution in [0.2, 0.25) is 0 Å². The van der Waals surface area contributed by atoms with Gasteiger partial charge in [-0.25, -0.2) is 4.79 Å². The molecule has 0 unspecified atom stereocenters. The Labute approximate surface area is 269 Å². The number of rotatable bonds is 10. The van der Waals surface area contributed by atoms with Gasteiger partial charge < -0.3 is 24.6 Å². The van der Waals surface area contributed by atoms with Gasteiger partial charge in [0.05, 0.1) is 12.7 Å². The first-order valence-corrected chi connectivity index (χ1v) is 15.4. The highest BCUT2D eigenvalue weighted by Gasteiger charge is 2.49. The Morgan fingerprint density at radius 1 is 0.935 bits per heavy atom. The summed E-state index contributed by atoms with van der Waals surface area (Å²) in [5.41, 5.74) is 3.93. The van der Waals surface area contributed by atoms with Crippen LogP contribution in [0.15, 0.2) is 71.6 Å². The second-order valence-corrected chi connectivity index (χ2v) is 14.0. The summed E-state index contributed by atoms with van der Waals surface area (Å²) in [7, 11) is 1.53. The minimum absolute atomic E-state index is 0.0924. The molecule has 1 aliphatic heterocycles. The second kappa shape index (κ2) is 12.3. The zero-order valence-corrected chi connectivity index (χ0v) is 27.1. The van der Waals surface area contributed by atoms with Crippen LogP contribution in [0.5, 0.6) is 11.5 Å². The number of hydrogen-bond donors (Lipinski definition) is 2. The SMILES string of the molecule is C=CCc1cc(C2C3=C(CC(C)(C)CC3=O)N(CC(=O)O)C3=C2C(=O)CC(C)(C)C3)cc(OC)c1OCc1ccc(C(=O)O)cc1. The van der Waals surface area contributed by atoms with Crippen LogP contribution in [-0.4, -0.2) is 52.3 Å². The van der Waals surface area contributed by atoms with Crippen LogP contribution in [0.25, 0.3) is 0 Å². The summed E-state index contributed by atoms with van der Waals surface area (Å²) in [6, 6.07) is 10.2. The van der Waals surface area contributed by atoms with Gasteiger partial charge in [0.25, 0.3) is 0 Å². The minimum Gasteiger partial charge on any atom is -0.493 e. The van der Waals surface area contributed by atoms with Crippen molar-refractivity contribution in [3.63, 3.8) is 0 Å². The molecule has 0 bridgehead atoms. The summed E-state index contributed by atoms with van der Waals surface area (Å²) in [6.07, 6.45) is 3.72. The molecular weight excluding hydrogens is 586 g/mol. The normalized spacial score (nSPS) is 19.0. The van der Waals surface area contributed by atoms with Crippen molar-refractivity contribution in [1.82, 2.24) is 4.90 Å². The van der Waals surface area contributed by atoms with Crippen LogP contribution in [-0.2, 0) is 27.4 Å². The van der Waals surface area contributed by atoms with E-state index in [0.717, 1.165) is 11.1 Å². The molecular formula is C37H41NO8. The number of carbonyl (C=O) groups excluding carboxylic acids is 2. The fourth-order valence-electron chi connectivity index (χ4n) is 7.08.